The van der Waals surface area contributed by atoms with E-state index in [4.69, 9.17) is 5.73 Å². The van der Waals surface area contributed by atoms with Crippen LogP contribution in [0.5, 0.6) is 0 Å². The van der Waals surface area contributed by atoms with Gasteiger partial charge in [0.05, 0.1) is 5.54 Å². The van der Waals surface area contributed by atoms with Crippen molar-refractivity contribution in [3.05, 3.63) is 21.4 Å². The third-order valence-electron chi connectivity index (χ3n) is 4.36. The quantitative estimate of drug-likeness (QED) is 0.821. The molecule has 0 atom stereocenters. The minimum Gasteiger partial charge on any atom is -0.321 e. The molecule has 1 heterocycles. The summed E-state index contributed by atoms with van der Waals surface area (Å²) in [5.74, 6) is -2.50. The zero-order valence-corrected chi connectivity index (χ0v) is 11.3. The van der Waals surface area contributed by atoms with Crippen molar-refractivity contribution in [1.82, 2.24) is 0 Å². The van der Waals surface area contributed by atoms with Crippen molar-refractivity contribution in [2.75, 3.05) is 0 Å². The molecule has 2 aliphatic carbocycles. The van der Waals surface area contributed by atoms with E-state index in [0.717, 1.165) is 17.7 Å². The van der Waals surface area contributed by atoms with Crippen molar-refractivity contribution in [3.8, 4) is 0 Å². The summed E-state index contributed by atoms with van der Waals surface area (Å²) >= 11 is 1.77. The van der Waals surface area contributed by atoms with Crippen LogP contribution in [0.1, 0.15) is 53.8 Å². The highest BCUT2D eigenvalue weighted by molar-refractivity contribution is 7.12. The Morgan fingerprint density at radius 1 is 1.06 bits per heavy atom. The second-order valence-electron chi connectivity index (χ2n) is 5.78. The number of alkyl halides is 2. The molecule has 2 aliphatic rings. The Balaban J connectivity index is 1.84. The summed E-state index contributed by atoms with van der Waals surface area (Å²) in [6.45, 7) is 0. The molecule has 3 rings (SSSR count). The first-order chi connectivity index (χ1) is 8.49. The Morgan fingerprint density at radius 2 is 1.72 bits per heavy atom. The highest BCUT2D eigenvalue weighted by Gasteiger charge is 2.43. The van der Waals surface area contributed by atoms with E-state index in [2.05, 4.69) is 6.07 Å². The fourth-order valence-electron chi connectivity index (χ4n) is 3.04. The monoisotopic (exact) mass is 271 g/mol. The van der Waals surface area contributed by atoms with Crippen LogP contribution in [0.2, 0.25) is 0 Å². The number of fused-ring (bicyclic) bond motifs is 1. The second kappa shape index (κ2) is 4.27. The van der Waals surface area contributed by atoms with Gasteiger partial charge in [0.1, 0.15) is 0 Å². The Hall–Kier alpha value is -0.480. The van der Waals surface area contributed by atoms with Crippen molar-refractivity contribution in [1.29, 1.82) is 0 Å². The first-order valence-electron chi connectivity index (χ1n) is 6.77. The number of nitrogens with two attached hydrogens (primary N) is 1. The smallest absolute Gasteiger partial charge is 0.248 e. The zero-order chi connectivity index (χ0) is 12.8. The van der Waals surface area contributed by atoms with E-state index in [1.807, 2.05) is 0 Å². The Kier molecular flexibility index (Phi) is 2.98. The van der Waals surface area contributed by atoms with Gasteiger partial charge in [-0.15, -0.1) is 11.3 Å². The van der Waals surface area contributed by atoms with Gasteiger partial charge in [0, 0.05) is 22.6 Å². The maximum atomic E-state index is 13.2. The van der Waals surface area contributed by atoms with Crippen LogP contribution in [-0.4, -0.2) is 5.92 Å². The number of rotatable bonds is 1. The minimum absolute atomic E-state index is 0.0634. The van der Waals surface area contributed by atoms with Gasteiger partial charge >= 0.3 is 0 Å². The van der Waals surface area contributed by atoms with Crippen molar-refractivity contribution in [3.63, 3.8) is 0 Å². The van der Waals surface area contributed by atoms with Crippen molar-refractivity contribution in [2.45, 2.75) is 62.8 Å². The Labute approximate surface area is 110 Å². The largest absolute Gasteiger partial charge is 0.321 e. The molecule has 1 nitrogen and oxygen atoms in total. The number of halogens is 2. The van der Waals surface area contributed by atoms with Crippen LogP contribution in [0.25, 0.3) is 0 Å². The van der Waals surface area contributed by atoms with Crippen molar-refractivity contribution < 1.29 is 8.78 Å². The highest BCUT2D eigenvalue weighted by Crippen LogP contribution is 2.45. The summed E-state index contributed by atoms with van der Waals surface area (Å²) in [5, 5.41) is 0. The molecule has 1 aromatic heterocycles. The predicted octanol–water partition coefficient (Wildman–Crippen LogP) is 3.99. The van der Waals surface area contributed by atoms with Gasteiger partial charge in [0.25, 0.3) is 0 Å². The first-order valence-corrected chi connectivity index (χ1v) is 7.59. The van der Waals surface area contributed by atoms with Gasteiger partial charge < -0.3 is 5.73 Å². The van der Waals surface area contributed by atoms with Gasteiger partial charge in [-0.25, -0.2) is 8.78 Å². The number of hydrogen-bond acceptors (Lipinski definition) is 2. The molecule has 100 valence electrons. The molecule has 2 N–H and O–H groups in total. The van der Waals surface area contributed by atoms with Crippen LogP contribution < -0.4 is 5.73 Å². The van der Waals surface area contributed by atoms with Crippen LogP contribution in [0.15, 0.2) is 6.07 Å². The number of hydrogen-bond donors (Lipinski definition) is 1. The first kappa shape index (κ1) is 12.5. The third kappa shape index (κ3) is 2.21. The lowest BCUT2D eigenvalue weighted by Gasteiger charge is -2.36. The van der Waals surface area contributed by atoms with E-state index in [1.54, 1.807) is 11.3 Å². The van der Waals surface area contributed by atoms with Crippen LogP contribution in [0.3, 0.4) is 0 Å². The van der Waals surface area contributed by atoms with Crippen LogP contribution in [0, 0.1) is 0 Å². The molecule has 0 aromatic carbocycles. The molecule has 0 amide bonds. The predicted molar refractivity (Wildman–Crippen MR) is 70.2 cm³/mol. The summed E-state index contributed by atoms with van der Waals surface area (Å²) < 4.78 is 26.5. The summed E-state index contributed by atoms with van der Waals surface area (Å²) in [7, 11) is 0. The van der Waals surface area contributed by atoms with Gasteiger partial charge in [-0.1, -0.05) is 0 Å². The van der Waals surface area contributed by atoms with Gasteiger partial charge in [-0.2, -0.15) is 0 Å². The van der Waals surface area contributed by atoms with E-state index in [1.165, 1.54) is 23.3 Å². The fourth-order valence-corrected chi connectivity index (χ4v) is 4.46. The molecule has 1 aromatic rings. The summed E-state index contributed by atoms with van der Waals surface area (Å²) in [6.07, 6.45) is 5.49. The fraction of sp³-hybridized carbons (Fsp3) is 0.714. The van der Waals surface area contributed by atoms with E-state index < -0.39 is 11.5 Å². The molecule has 18 heavy (non-hydrogen) atoms. The molecule has 0 saturated heterocycles. The topological polar surface area (TPSA) is 26.0 Å². The molecule has 0 radical (unpaired) electrons. The Morgan fingerprint density at radius 3 is 2.39 bits per heavy atom. The average molecular weight is 271 g/mol. The normalized spacial score (nSPS) is 25.7. The van der Waals surface area contributed by atoms with Gasteiger partial charge in [-0.05, 0) is 50.2 Å². The van der Waals surface area contributed by atoms with Gasteiger partial charge in [0.15, 0.2) is 0 Å². The molecular weight excluding hydrogens is 252 g/mol. The lowest BCUT2D eigenvalue weighted by Crippen LogP contribution is -2.42. The molecule has 0 spiro atoms. The summed E-state index contributed by atoms with van der Waals surface area (Å²) in [4.78, 5) is 2.59. The van der Waals surface area contributed by atoms with E-state index in [-0.39, 0.29) is 12.8 Å². The van der Waals surface area contributed by atoms with Gasteiger partial charge in [0.2, 0.25) is 5.92 Å². The molecular formula is C14H19F2NS. The molecule has 0 aliphatic heterocycles. The van der Waals surface area contributed by atoms with Gasteiger partial charge in [-0.3, -0.25) is 0 Å². The zero-order valence-electron chi connectivity index (χ0n) is 10.5. The maximum absolute atomic E-state index is 13.2. The van der Waals surface area contributed by atoms with Crippen molar-refractivity contribution in [2.24, 2.45) is 5.73 Å². The SMILES string of the molecule is NC1(c2cc3c(s2)CCCC3)CCC(F)(F)CC1. The van der Waals surface area contributed by atoms with Crippen molar-refractivity contribution >= 4 is 11.3 Å². The average Bonchev–Trinajstić information content (AvgIpc) is 2.78. The molecule has 4 heteroatoms. The summed E-state index contributed by atoms with van der Waals surface area (Å²) in [6, 6.07) is 2.20. The number of thiophene rings is 1. The molecule has 1 fully saturated rings. The van der Waals surface area contributed by atoms with Crippen LogP contribution in [-0.2, 0) is 18.4 Å². The third-order valence-corrected chi connectivity index (χ3v) is 5.82. The maximum Gasteiger partial charge on any atom is 0.248 e. The molecule has 0 unspecified atom stereocenters. The van der Waals surface area contributed by atoms with E-state index in [9.17, 15) is 8.78 Å². The minimum atomic E-state index is -2.50. The standard InChI is InChI=1S/C14H19F2NS/c15-14(16)7-5-13(17,6-8-14)12-9-10-3-1-2-4-11(10)18-12/h9H,1-8,17H2. The lowest BCUT2D eigenvalue weighted by molar-refractivity contribution is -0.0509. The van der Waals surface area contributed by atoms with E-state index >= 15 is 0 Å². The van der Waals surface area contributed by atoms with Crippen LogP contribution in [0.4, 0.5) is 8.78 Å². The molecule has 0 bridgehead atoms. The van der Waals surface area contributed by atoms with E-state index in [0.29, 0.717) is 12.8 Å². The number of aryl methyl sites for hydroxylation is 2. The summed E-state index contributed by atoms with van der Waals surface area (Å²) in [5.41, 5.74) is 7.31. The molecule has 1 saturated carbocycles. The second-order valence-corrected chi connectivity index (χ2v) is 6.92. The highest BCUT2D eigenvalue weighted by atomic mass is 32.1. The Bertz CT molecular complexity index is 419. The van der Waals surface area contributed by atoms with Crippen LogP contribution >= 0.6 is 11.3 Å². The lowest BCUT2D eigenvalue weighted by atomic mass is 9.79.